The summed E-state index contributed by atoms with van der Waals surface area (Å²) in [6.07, 6.45) is 0. The van der Waals surface area contributed by atoms with Gasteiger partial charge in [-0.3, -0.25) is 0 Å². The Kier molecular flexibility index (Phi) is 4.36. The lowest BCUT2D eigenvalue weighted by atomic mass is 9.92. The van der Waals surface area contributed by atoms with Crippen LogP contribution in [-0.2, 0) is 0 Å². The molecule has 9 aromatic rings. The highest BCUT2D eigenvalue weighted by atomic mass is 16.3. The van der Waals surface area contributed by atoms with E-state index in [4.69, 9.17) is 4.42 Å². The second-order valence-corrected chi connectivity index (χ2v) is 10.6. The number of nitrogens with zero attached hydrogens (tertiary/aromatic N) is 1. The van der Waals surface area contributed by atoms with Crippen LogP contribution in [0.1, 0.15) is 0 Å². The maximum atomic E-state index is 6.35. The van der Waals surface area contributed by atoms with Gasteiger partial charge in [0.1, 0.15) is 11.2 Å². The molecule has 0 radical (unpaired) electrons. The standard InChI is InChI=1S/C38H23NO/c1-2-11-26(12-3-1)39-35-16-8-6-14-28(35)29-19-18-25(21-36(29)39)31-20-24-10-4-5-13-27(24)32-22-34-30-15-7-9-17-37(30)40-38(34)23-33(31)32/h1-23H. The van der Waals surface area contributed by atoms with Gasteiger partial charge in [0.25, 0.3) is 0 Å². The topological polar surface area (TPSA) is 18.1 Å². The fourth-order valence-corrected chi connectivity index (χ4v) is 6.55. The molecular weight excluding hydrogens is 486 g/mol. The molecule has 0 unspecified atom stereocenters. The first-order chi connectivity index (χ1) is 19.8. The first-order valence-corrected chi connectivity index (χ1v) is 13.7. The zero-order valence-corrected chi connectivity index (χ0v) is 21.6. The molecule has 9 rings (SSSR count). The third-order valence-corrected chi connectivity index (χ3v) is 8.36. The molecule has 2 heteroatoms. The summed E-state index contributed by atoms with van der Waals surface area (Å²) in [7, 11) is 0. The normalized spacial score (nSPS) is 12.0. The second-order valence-electron chi connectivity index (χ2n) is 10.6. The van der Waals surface area contributed by atoms with Crippen molar-refractivity contribution in [2.24, 2.45) is 0 Å². The molecule has 0 amide bonds. The van der Waals surface area contributed by atoms with Gasteiger partial charge in [-0.1, -0.05) is 91.0 Å². The van der Waals surface area contributed by atoms with Crippen LogP contribution in [0, 0.1) is 0 Å². The van der Waals surface area contributed by atoms with Gasteiger partial charge in [-0.2, -0.15) is 0 Å². The van der Waals surface area contributed by atoms with Crippen molar-refractivity contribution in [3.8, 4) is 16.8 Å². The molecule has 186 valence electrons. The largest absolute Gasteiger partial charge is 0.456 e. The Balaban J connectivity index is 1.40. The van der Waals surface area contributed by atoms with Crippen molar-refractivity contribution in [3.05, 3.63) is 140 Å². The summed E-state index contributed by atoms with van der Waals surface area (Å²) >= 11 is 0. The number of fused-ring (bicyclic) bond motifs is 9. The van der Waals surface area contributed by atoms with Crippen molar-refractivity contribution >= 4 is 65.3 Å². The molecule has 0 aliphatic heterocycles. The maximum Gasteiger partial charge on any atom is 0.136 e. The summed E-state index contributed by atoms with van der Waals surface area (Å²) in [6, 6.07) is 50.2. The van der Waals surface area contributed by atoms with Crippen LogP contribution in [0.2, 0.25) is 0 Å². The summed E-state index contributed by atoms with van der Waals surface area (Å²) in [4.78, 5) is 0. The van der Waals surface area contributed by atoms with E-state index in [9.17, 15) is 0 Å². The SMILES string of the molecule is c1ccc(-n2c3ccccc3c3ccc(-c4cc5ccccc5c5cc6c(cc45)oc4ccccc46)cc32)cc1. The maximum absolute atomic E-state index is 6.35. The highest BCUT2D eigenvalue weighted by Crippen LogP contribution is 2.41. The van der Waals surface area contributed by atoms with E-state index >= 15 is 0 Å². The van der Waals surface area contributed by atoms with Gasteiger partial charge in [0.2, 0.25) is 0 Å². The van der Waals surface area contributed by atoms with Gasteiger partial charge < -0.3 is 8.98 Å². The molecule has 0 aliphatic carbocycles. The molecule has 0 N–H and O–H groups in total. The lowest BCUT2D eigenvalue weighted by molar-refractivity contribution is 0.669. The summed E-state index contributed by atoms with van der Waals surface area (Å²) < 4.78 is 8.73. The first-order valence-electron chi connectivity index (χ1n) is 13.7. The van der Waals surface area contributed by atoms with E-state index in [1.807, 2.05) is 6.07 Å². The number of rotatable bonds is 2. The molecule has 0 bridgehead atoms. The smallest absolute Gasteiger partial charge is 0.136 e. The minimum Gasteiger partial charge on any atom is -0.456 e. The van der Waals surface area contributed by atoms with E-state index in [2.05, 4.69) is 138 Å². The van der Waals surface area contributed by atoms with E-state index in [0.29, 0.717) is 0 Å². The zero-order valence-electron chi connectivity index (χ0n) is 21.6. The van der Waals surface area contributed by atoms with E-state index < -0.39 is 0 Å². The van der Waals surface area contributed by atoms with Gasteiger partial charge in [-0.15, -0.1) is 0 Å². The average Bonchev–Trinajstić information content (AvgIpc) is 3.55. The molecule has 7 aromatic carbocycles. The summed E-state index contributed by atoms with van der Waals surface area (Å²) in [5, 5.41) is 9.78. The van der Waals surface area contributed by atoms with Crippen molar-refractivity contribution in [3.63, 3.8) is 0 Å². The molecule has 0 saturated heterocycles. The highest BCUT2D eigenvalue weighted by Gasteiger charge is 2.17. The molecule has 0 atom stereocenters. The van der Waals surface area contributed by atoms with Crippen molar-refractivity contribution in [1.29, 1.82) is 0 Å². The van der Waals surface area contributed by atoms with Crippen LogP contribution in [0.4, 0.5) is 0 Å². The van der Waals surface area contributed by atoms with E-state index in [1.165, 1.54) is 60.2 Å². The van der Waals surface area contributed by atoms with Gasteiger partial charge >= 0.3 is 0 Å². The molecule has 2 nitrogen and oxygen atoms in total. The minimum absolute atomic E-state index is 0.921. The summed E-state index contributed by atoms with van der Waals surface area (Å²) in [5.74, 6) is 0. The van der Waals surface area contributed by atoms with Crippen LogP contribution < -0.4 is 0 Å². The molecule has 40 heavy (non-hydrogen) atoms. The molecule has 0 aliphatic rings. The Morgan fingerprint density at radius 1 is 0.400 bits per heavy atom. The number of furan rings is 1. The Hall–Kier alpha value is -5.34. The zero-order chi connectivity index (χ0) is 26.2. The number of hydrogen-bond donors (Lipinski definition) is 0. The van der Waals surface area contributed by atoms with E-state index in [0.717, 1.165) is 21.9 Å². The molecule has 0 spiro atoms. The third kappa shape index (κ3) is 2.99. The van der Waals surface area contributed by atoms with Crippen LogP contribution in [0.15, 0.2) is 144 Å². The molecule has 0 fully saturated rings. The van der Waals surface area contributed by atoms with E-state index in [-0.39, 0.29) is 0 Å². The predicted octanol–water partition coefficient (Wildman–Crippen LogP) is 10.7. The molecule has 0 saturated carbocycles. The van der Waals surface area contributed by atoms with Gasteiger partial charge in [0.15, 0.2) is 0 Å². The third-order valence-electron chi connectivity index (χ3n) is 8.36. The Labute approximate surface area is 230 Å². The van der Waals surface area contributed by atoms with Crippen molar-refractivity contribution < 1.29 is 4.42 Å². The van der Waals surface area contributed by atoms with Crippen molar-refractivity contribution in [2.75, 3.05) is 0 Å². The average molecular weight is 510 g/mol. The summed E-state index contributed by atoms with van der Waals surface area (Å²) in [6.45, 7) is 0. The lowest BCUT2D eigenvalue weighted by Crippen LogP contribution is -1.93. The van der Waals surface area contributed by atoms with Crippen LogP contribution >= 0.6 is 0 Å². The minimum atomic E-state index is 0.921. The number of aromatic nitrogens is 1. The van der Waals surface area contributed by atoms with E-state index in [1.54, 1.807) is 0 Å². The van der Waals surface area contributed by atoms with Gasteiger partial charge in [-0.25, -0.2) is 0 Å². The second kappa shape index (κ2) is 8.08. The fraction of sp³-hybridized carbons (Fsp3) is 0. The number of benzene rings is 7. The van der Waals surface area contributed by atoms with Gasteiger partial charge in [0.05, 0.1) is 11.0 Å². The van der Waals surface area contributed by atoms with Gasteiger partial charge in [-0.05, 0) is 81.2 Å². The number of para-hydroxylation sites is 3. The fourth-order valence-electron chi connectivity index (χ4n) is 6.55. The molecule has 2 heterocycles. The Morgan fingerprint density at radius 2 is 1.12 bits per heavy atom. The van der Waals surface area contributed by atoms with Crippen LogP contribution in [0.5, 0.6) is 0 Å². The van der Waals surface area contributed by atoms with Crippen LogP contribution in [-0.4, -0.2) is 4.57 Å². The molecular formula is C38H23NO. The monoisotopic (exact) mass is 509 g/mol. The van der Waals surface area contributed by atoms with Crippen molar-refractivity contribution in [2.45, 2.75) is 0 Å². The quantitative estimate of drug-likeness (QED) is 0.212. The first kappa shape index (κ1) is 21.6. The highest BCUT2D eigenvalue weighted by molar-refractivity contribution is 6.20. The number of hydrogen-bond acceptors (Lipinski definition) is 1. The Morgan fingerprint density at radius 3 is 2.02 bits per heavy atom. The van der Waals surface area contributed by atoms with Gasteiger partial charge in [0, 0.05) is 27.2 Å². The predicted molar refractivity (Wildman–Crippen MR) is 169 cm³/mol. The molecule has 2 aromatic heterocycles. The lowest BCUT2D eigenvalue weighted by Gasteiger charge is -2.13. The summed E-state index contributed by atoms with van der Waals surface area (Å²) in [5.41, 5.74) is 7.83. The van der Waals surface area contributed by atoms with Crippen LogP contribution in [0.3, 0.4) is 0 Å². The van der Waals surface area contributed by atoms with Crippen molar-refractivity contribution in [1.82, 2.24) is 4.57 Å². The Bertz CT molecular complexity index is 2420. The van der Waals surface area contributed by atoms with Crippen LogP contribution in [0.25, 0.3) is 82.1 Å².